The maximum absolute atomic E-state index is 13.5. The summed E-state index contributed by atoms with van der Waals surface area (Å²) < 4.78 is 10.4. The number of carbonyl (C=O) groups excluding carboxylic acids is 4. The second kappa shape index (κ2) is 13.4. The lowest BCUT2D eigenvalue weighted by Crippen LogP contribution is -2.56. The van der Waals surface area contributed by atoms with Gasteiger partial charge in [-0.3, -0.25) is 14.4 Å². The second-order valence-electron chi connectivity index (χ2n) is 9.28. The number of rotatable bonds is 9. The summed E-state index contributed by atoms with van der Waals surface area (Å²) in [6, 6.07) is 21.4. The Labute approximate surface area is 227 Å². The van der Waals surface area contributed by atoms with Gasteiger partial charge in [-0.05, 0) is 41.8 Å². The van der Waals surface area contributed by atoms with E-state index in [1.54, 1.807) is 28.9 Å². The molecule has 1 fully saturated rings. The van der Waals surface area contributed by atoms with E-state index in [9.17, 15) is 19.2 Å². The third kappa shape index (κ3) is 7.56. The third-order valence-electron chi connectivity index (χ3n) is 6.61. The number of carbonyl (C=O) groups is 4. The average molecular weight is 532 g/mol. The van der Waals surface area contributed by atoms with E-state index in [1.165, 1.54) is 0 Å². The van der Waals surface area contributed by atoms with Crippen molar-refractivity contribution in [1.29, 1.82) is 0 Å². The number of nitrogens with one attached hydrogen (secondary N) is 1. The molecule has 0 aliphatic carbocycles. The highest BCUT2D eigenvalue weighted by Gasteiger charge is 2.31. The van der Waals surface area contributed by atoms with Crippen molar-refractivity contribution < 1.29 is 28.7 Å². The lowest BCUT2D eigenvalue weighted by atomic mass is 10.0. The van der Waals surface area contributed by atoms with Crippen LogP contribution in [0, 0.1) is 0 Å². The van der Waals surface area contributed by atoms with Crippen LogP contribution in [0.15, 0.2) is 72.8 Å². The largest absolute Gasteiger partial charge is 0.461 e. The molecule has 0 bridgehead atoms. The van der Waals surface area contributed by atoms with Gasteiger partial charge in [-0.2, -0.15) is 0 Å². The molecule has 0 aromatic heterocycles. The van der Waals surface area contributed by atoms with E-state index in [2.05, 4.69) is 5.32 Å². The maximum Gasteiger partial charge on any atom is 0.409 e. The van der Waals surface area contributed by atoms with Gasteiger partial charge in [0.15, 0.2) is 0 Å². The number of hydrogen-bond donors (Lipinski definition) is 1. The summed E-state index contributed by atoms with van der Waals surface area (Å²) in [5, 5.41) is 4.75. The molecule has 1 unspecified atom stereocenters. The monoisotopic (exact) mass is 531 g/mol. The van der Waals surface area contributed by atoms with Crippen LogP contribution in [0.3, 0.4) is 0 Å². The fourth-order valence-corrected chi connectivity index (χ4v) is 4.45. The molecular formula is C30H33N3O6. The minimum atomic E-state index is -0.928. The first-order valence-corrected chi connectivity index (χ1v) is 13.1. The fraction of sp³-hybridized carbons (Fsp3) is 0.333. The Morgan fingerprint density at radius 1 is 0.821 bits per heavy atom. The molecule has 1 aliphatic heterocycles. The highest BCUT2D eigenvalue weighted by atomic mass is 16.6. The summed E-state index contributed by atoms with van der Waals surface area (Å²) in [5.74, 6) is -1.16. The number of nitrogens with zero attached hydrogens (tertiary/aromatic N) is 2. The van der Waals surface area contributed by atoms with Crippen molar-refractivity contribution in [3.8, 4) is 0 Å². The van der Waals surface area contributed by atoms with Crippen LogP contribution in [-0.4, -0.2) is 72.5 Å². The predicted molar refractivity (Wildman–Crippen MR) is 146 cm³/mol. The zero-order valence-electron chi connectivity index (χ0n) is 22.0. The molecule has 0 spiro atoms. The van der Waals surface area contributed by atoms with Crippen LogP contribution in [0.4, 0.5) is 4.79 Å². The molecule has 4 rings (SSSR count). The molecule has 9 heteroatoms. The highest BCUT2D eigenvalue weighted by Crippen LogP contribution is 2.17. The van der Waals surface area contributed by atoms with Gasteiger partial charge < -0.3 is 24.6 Å². The molecule has 9 nitrogen and oxygen atoms in total. The Kier molecular flexibility index (Phi) is 9.50. The number of esters is 1. The lowest BCUT2D eigenvalue weighted by Gasteiger charge is -2.36. The number of benzene rings is 3. The zero-order chi connectivity index (χ0) is 27.6. The molecule has 1 N–H and O–H groups in total. The first kappa shape index (κ1) is 27.6. The summed E-state index contributed by atoms with van der Waals surface area (Å²) >= 11 is 0. The summed E-state index contributed by atoms with van der Waals surface area (Å²) in [7, 11) is 0. The molecule has 3 amide bonds. The number of amides is 3. The summed E-state index contributed by atoms with van der Waals surface area (Å²) in [6.45, 7) is 3.42. The first-order chi connectivity index (χ1) is 18.9. The molecule has 204 valence electrons. The number of piperazine rings is 1. The number of ether oxygens (including phenoxy) is 2. The van der Waals surface area contributed by atoms with Crippen LogP contribution in [0.2, 0.25) is 0 Å². The van der Waals surface area contributed by atoms with Crippen molar-refractivity contribution in [3.63, 3.8) is 0 Å². The SMILES string of the molecule is CCOC(=O)N1CCN(C(=O)C(CCC(=O)OCc2ccccc2)NC(=O)c2ccc3ccccc3c2)CC1. The van der Waals surface area contributed by atoms with Crippen LogP contribution in [-0.2, 0) is 25.7 Å². The van der Waals surface area contributed by atoms with Crippen LogP contribution < -0.4 is 5.32 Å². The Hall–Kier alpha value is -4.40. The molecule has 39 heavy (non-hydrogen) atoms. The molecular weight excluding hydrogens is 498 g/mol. The Balaban J connectivity index is 1.41. The zero-order valence-corrected chi connectivity index (χ0v) is 22.0. The standard InChI is InChI=1S/C30H33N3O6/c1-2-38-30(37)33-18-16-32(17-19-33)29(36)26(14-15-27(34)39-21-22-8-4-3-5-9-22)31-28(35)25-13-12-23-10-6-7-11-24(23)20-25/h3-13,20,26H,2,14-19,21H2,1H3,(H,31,35). The smallest absolute Gasteiger partial charge is 0.409 e. The Morgan fingerprint density at radius 3 is 2.21 bits per heavy atom. The van der Waals surface area contributed by atoms with E-state index in [-0.39, 0.29) is 32.0 Å². The van der Waals surface area contributed by atoms with Gasteiger partial charge in [0.05, 0.1) is 6.61 Å². The van der Waals surface area contributed by atoms with E-state index in [0.29, 0.717) is 31.7 Å². The van der Waals surface area contributed by atoms with E-state index < -0.39 is 24.0 Å². The molecule has 0 saturated carbocycles. The van der Waals surface area contributed by atoms with Gasteiger partial charge in [0.1, 0.15) is 12.6 Å². The minimum Gasteiger partial charge on any atom is -0.461 e. The van der Waals surface area contributed by atoms with Crippen molar-refractivity contribution in [1.82, 2.24) is 15.1 Å². The summed E-state index contributed by atoms with van der Waals surface area (Å²) in [5.41, 5.74) is 1.29. The molecule has 1 heterocycles. The van der Waals surface area contributed by atoms with E-state index in [0.717, 1.165) is 16.3 Å². The molecule has 1 atom stereocenters. The second-order valence-corrected chi connectivity index (χ2v) is 9.28. The van der Waals surface area contributed by atoms with Crippen molar-refractivity contribution in [2.24, 2.45) is 0 Å². The third-order valence-corrected chi connectivity index (χ3v) is 6.61. The Morgan fingerprint density at radius 2 is 1.49 bits per heavy atom. The van der Waals surface area contributed by atoms with Crippen molar-refractivity contribution in [3.05, 3.63) is 83.9 Å². The number of hydrogen-bond acceptors (Lipinski definition) is 6. The summed E-state index contributed by atoms with van der Waals surface area (Å²) in [4.78, 5) is 54.4. The van der Waals surface area contributed by atoms with Gasteiger partial charge in [0.2, 0.25) is 5.91 Å². The molecule has 3 aromatic rings. The maximum atomic E-state index is 13.5. The quantitative estimate of drug-likeness (QED) is 0.422. The molecule has 1 saturated heterocycles. The van der Waals surface area contributed by atoms with E-state index in [4.69, 9.17) is 9.47 Å². The molecule has 1 aliphatic rings. The van der Waals surface area contributed by atoms with Crippen LogP contribution in [0.25, 0.3) is 10.8 Å². The van der Waals surface area contributed by atoms with Crippen molar-refractivity contribution in [2.75, 3.05) is 32.8 Å². The van der Waals surface area contributed by atoms with Gasteiger partial charge in [-0.15, -0.1) is 0 Å². The van der Waals surface area contributed by atoms with Crippen LogP contribution in [0.1, 0.15) is 35.7 Å². The van der Waals surface area contributed by atoms with Crippen molar-refractivity contribution >= 4 is 34.6 Å². The fourth-order valence-electron chi connectivity index (χ4n) is 4.45. The molecule has 3 aromatic carbocycles. The van der Waals surface area contributed by atoms with Gasteiger partial charge >= 0.3 is 12.1 Å². The lowest BCUT2D eigenvalue weighted by molar-refractivity contribution is -0.145. The van der Waals surface area contributed by atoms with Gasteiger partial charge in [0, 0.05) is 38.2 Å². The predicted octanol–water partition coefficient (Wildman–Crippen LogP) is 3.76. The average Bonchev–Trinajstić information content (AvgIpc) is 2.98. The molecule has 0 radical (unpaired) electrons. The minimum absolute atomic E-state index is 0.0377. The highest BCUT2D eigenvalue weighted by molar-refractivity contribution is 6.00. The van der Waals surface area contributed by atoms with Gasteiger partial charge in [0.25, 0.3) is 5.91 Å². The van der Waals surface area contributed by atoms with E-state index in [1.807, 2.05) is 60.7 Å². The Bertz CT molecular complexity index is 1300. The summed E-state index contributed by atoms with van der Waals surface area (Å²) in [6.07, 6.45) is -0.361. The van der Waals surface area contributed by atoms with Crippen LogP contribution in [0.5, 0.6) is 0 Å². The normalized spacial score (nSPS) is 14.0. The van der Waals surface area contributed by atoms with Crippen LogP contribution >= 0.6 is 0 Å². The van der Waals surface area contributed by atoms with Crippen molar-refractivity contribution in [2.45, 2.75) is 32.4 Å². The number of fused-ring (bicyclic) bond motifs is 1. The van der Waals surface area contributed by atoms with Gasteiger partial charge in [-0.25, -0.2) is 4.79 Å². The topological polar surface area (TPSA) is 105 Å². The first-order valence-electron chi connectivity index (χ1n) is 13.1. The van der Waals surface area contributed by atoms with E-state index >= 15 is 0 Å². The van der Waals surface area contributed by atoms with Gasteiger partial charge in [-0.1, -0.05) is 60.7 Å².